The van der Waals surface area contributed by atoms with Crippen molar-refractivity contribution in [3.63, 3.8) is 0 Å². The Bertz CT molecular complexity index is 1180. The molecule has 188 valence electrons. The molecule has 1 unspecified atom stereocenters. The first-order valence-electron chi connectivity index (χ1n) is 10.8. The second-order valence-electron chi connectivity index (χ2n) is 9.79. The van der Waals surface area contributed by atoms with E-state index < -0.39 is 30.2 Å². The second-order valence-corrected chi connectivity index (χ2v) is 17.9. The minimum absolute atomic E-state index is 0.000530. The van der Waals surface area contributed by atoms with Crippen molar-refractivity contribution in [3.8, 4) is 0 Å². The highest BCUT2D eigenvalue weighted by Crippen LogP contribution is 2.39. The van der Waals surface area contributed by atoms with Crippen molar-refractivity contribution in [1.82, 2.24) is 4.31 Å². The van der Waals surface area contributed by atoms with Gasteiger partial charge in [0, 0.05) is 16.7 Å². The van der Waals surface area contributed by atoms with Gasteiger partial charge in [0.2, 0.25) is 0 Å². The molecule has 0 saturated carbocycles. The second kappa shape index (κ2) is 10.2. The van der Waals surface area contributed by atoms with Gasteiger partial charge in [0.1, 0.15) is 5.69 Å². The Balaban J connectivity index is 1.82. The highest BCUT2D eigenvalue weighted by Gasteiger charge is 2.42. The predicted molar refractivity (Wildman–Crippen MR) is 145 cm³/mol. The van der Waals surface area contributed by atoms with E-state index >= 15 is 0 Å². The van der Waals surface area contributed by atoms with Crippen molar-refractivity contribution >= 4 is 69.8 Å². The van der Waals surface area contributed by atoms with Gasteiger partial charge in [-0.25, -0.2) is 8.78 Å². The number of nitrogens with zero attached hydrogens (tertiary/aromatic N) is 1. The summed E-state index contributed by atoms with van der Waals surface area (Å²) in [6.07, 6.45) is 0.347. The van der Waals surface area contributed by atoms with Crippen molar-refractivity contribution in [3.05, 3.63) is 50.6 Å². The first kappa shape index (κ1) is 27.6. The number of rotatable bonds is 7. The summed E-state index contributed by atoms with van der Waals surface area (Å²) in [6, 6.07) is 7.05. The molecule has 1 saturated heterocycles. The Morgan fingerprint density at radius 1 is 1.18 bits per heavy atom. The number of hydrogen-bond donors (Lipinski definition) is 2. The zero-order chi connectivity index (χ0) is 25.5. The molecule has 2 N–H and O–H groups in total. The van der Waals surface area contributed by atoms with Gasteiger partial charge in [-0.3, -0.25) is 4.72 Å². The van der Waals surface area contributed by atoms with E-state index in [0.717, 1.165) is 9.64 Å². The molecule has 34 heavy (non-hydrogen) atoms. The standard InChI is InChI=1S/C22H29ClF2IN3O3SSi/c1-22(2,3)34(4,5)32-15-10-11-29(13-15)33(30,31)28-19-9-7-17(24)20(25)21(19)27-18-8-6-14(26)12-16(18)23/h6-9,12,15,27-28H,10-11,13H2,1-5H3. The molecule has 0 spiro atoms. The van der Waals surface area contributed by atoms with Gasteiger partial charge in [-0.1, -0.05) is 32.4 Å². The van der Waals surface area contributed by atoms with Crippen LogP contribution in [0.25, 0.3) is 0 Å². The molecule has 2 aromatic carbocycles. The molecule has 1 aliphatic heterocycles. The zero-order valence-electron chi connectivity index (χ0n) is 19.7. The summed E-state index contributed by atoms with van der Waals surface area (Å²) >= 11 is 8.29. The topological polar surface area (TPSA) is 70.7 Å². The smallest absolute Gasteiger partial charge is 0.301 e. The lowest BCUT2D eigenvalue weighted by Gasteiger charge is -2.38. The third kappa shape index (κ3) is 6.22. The van der Waals surface area contributed by atoms with Crippen molar-refractivity contribution in [2.75, 3.05) is 23.1 Å². The lowest BCUT2D eigenvalue weighted by Crippen LogP contribution is -2.45. The fourth-order valence-corrected chi connectivity index (χ4v) is 6.86. The molecule has 1 fully saturated rings. The number of hydrogen-bond acceptors (Lipinski definition) is 4. The maximum Gasteiger partial charge on any atom is 0.301 e. The molecule has 12 heteroatoms. The maximum atomic E-state index is 14.7. The van der Waals surface area contributed by atoms with Gasteiger partial charge in [0.25, 0.3) is 0 Å². The molecular formula is C22H29ClF2IN3O3SSi. The summed E-state index contributed by atoms with van der Waals surface area (Å²) in [4.78, 5) is 0. The van der Waals surface area contributed by atoms with Crippen LogP contribution in [0, 0.1) is 15.2 Å². The maximum absolute atomic E-state index is 14.7. The Morgan fingerprint density at radius 2 is 1.82 bits per heavy atom. The molecule has 0 aromatic heterocycles. The Kier molecular flexibility index (Phi) is 8.25. The molecular weight excluding hydrogens is 615 g/mol. The van der Waals surface area contributed by atoms with Crippen molar-refractivity contribution < 1.29 is 21.6 Å². The van der Waals surface area contributed by atoms with Crippen LogP contribution in [0.5, 0.6) is 0 Å². The lowest BCUT2D eigenvalue weighted by atomic mass is 10.2. The first-order chi connectivity index (χ1) is 15.6. The number of anilines is 3. The largest absolute Gasteiger partial charge is 0.413 e. The van der Waals surface area contributed by atoms with Gasteiger partial charge in [-0.2, -0.15) is 12.7 Å². The van der Waals surface area contributed by atoms with Gasteiger partial charge >= 0.3 is 10.2 Å². The molecule has 0 bridgehead atoms. The van der Waals surface area contributed by atoms with Crippen LogP contribution in [0.2, 0.25) is 23.2 Å². The summed E-state index contributed by atoms with van der Waals surface area (Å²) in [5.74, 6) is -2.33. The van der Waals surface area contributed by atoms with Crippen LogP contribution in [0.4, 0.5) is 25.8 Å². The van der Waals surface area contributed by atoms with E-state index in [9.17, 15) is 17.2 Å². The minimum Gasteiger partial charge on any atom is -0.413 e. The fraction of sp³-hybridized carbons (Fsp3) is 0.455. The van der Waals surface area contributed by atoms with Gasteiger partial charge in [0.15, 0.2) is 20.0 Å². The monoisotopic (exact) mass is 643 g/mol. The number of halogens is 4. The van der Waals surface area contributed by atoms with E-state index in [0.29, 0.717) is 12.1 Å². The lowest BCUT2D eigenvalue weighted by molar-refractivity contribution is 0.193. The third-order valence-corrected chi connectivity index (χ3v) is 13.2. The van der Waals surface area contributed by atoms with Gasteiger partial charge < -0.3 is 9.74 Å². The SMILES string of the molecule is CC(C)(C)[Si](C)(C)OC1CCN(S(=O)(=O)Nc2ccc(F)c(F)c2Nc2ccc(I)cc2Cl)C1. The quantitative estimate of drug-likeness (QED) is 0.260. The van der Waals surface area contributed by atoms with E-state index in [-0.39, 0.29) is 40.6 Å². The predicted octanol–water partition coefficient (Wildman–Crippen LogP) is 6.72. The van der Waals surface area contributed by atoms with Crippen LogP contribution in [-0.2, 0) is 14.6 Å². The van der Waals surface area contributed by atoms with Gasteiger partial charge in [0.05, 0.1) is 22.5 Å². The molecule has 0 radical (unpaired) electrons. The minimum atomic E-state index is -4.04. The molecule has 1 heterocycles. The first-order valence-corrected chi connectivity index (χ1v) is 16.6. The molecule has 0 aliphatic carbocycles. The number of benzene rings is 2. The molecule has 3 rings (SSSR count). The Hall–Kier alpha value is -0.993. The van der Waals surface area contributed by atoms with Crippen LogP contribution in [0.3, 0.4) is 0 Å². The van der Waals surface area contributed by atoms with Crippen molar-refractivity contribution in [2.45, 2.75) is 51.4 Å². The average Bonchev–Trinajstić information content (AvgIpc) is 3.17. The van der Waals surface area contributed by atoms with Crippen LogP contribution in [-0.4, -0.2) is 40.2 Å². The van der Waals surface area contributed by atoms with E-state index in [4.69, 9.17) is 16.0 Å². The van der Waals surface area contributed by atoms with E-state index in [1.54, 1.807) is 18.2 Å². The van der Waals surface area contributed by atoms with E-state index in [1.165, 1.54) is 10.4 Å². The summed E-state index contributed by atoms with van der Waals surface area (Å²) in [5, 5.41) is 3.02. The summed E-state index contributed by atoms with van der Waals surface area (Å²) in [5.41, 5.74) is -0.154. The van der Waals surface area contributed by atoms with E-state index in [2.05, 4.69) is 66.5 Å². The molecule has 1 aliphatic rings. The normalized spacial score (nSPS) is 17.7. The van der Waals surface area contributed by atoms with Crippen LogP contribution < -0.4 is 10.0 Å². The van der Waals surface area contributed by atoms with Crippen molar-refractivity contribution in [2.24, 2.45) is 0 Å². The fourth-order valence-electron chi connectivity index (χ4n) is 3.29. The molecule has 2 aromatic rings. The van der Waals surface area contributed by atoms with Gasteiger partial charge in [-0.05, 0) is 77.5 Å². The Morgan fingerprint density at radius 3 is 2.44 bits per heavy atom. The highest BCUT2D eigenvalue weighted by atomic mass is 127. The molecule has 0 amide bonds. The molecule has 6 nitrogen and oxygen atoms in total. The van der Waals surface area contributed by atoms with Crippen LogP contribution >= 0.6 is 34.2 Å². The summed E-state index contributed by atoms with van der Waals surface area (Å²) < 4.78 is 65.9. The average molecular weight is 644 g/mol. The number of nitrogens with one attached hydrogen (secondary N) is 2. The van der Waals surface area contributed by atoms with Crippen LogP contribution in [0.1, 0.15) is 27.2 Å². The van der Waals surface area contributed by atoms with Crippen molar-refractivity contribution in [1.29, 1.82) is 0 Å². The third-order valence-electron chi connectivity index (χ3n) is 6.24. The molecule has 1 atom stereocenters. The summed E-state index contributed by atoms with van der Waals surface area (Å²) in [6.45, 7) is 11.1. The highest BCUT2D eigenvalue weighted by molar-refractivity contribution is 14.1. The van der Waals surface area contributed by atoms with Crippen LogP contribution in [0.15, 0.2) is 30.3 Å². The zero-order valence-corrected chi connectivity index (χ0v) is 24.4. The van der Waals surface area contributed by atoms with E-state index in [1.807, 2.05) is 0 Å². The Labute approximate surface area is 219 Å². The summed E-state index contributed by atoms with van der Waals surface area (Å²) in [7, 11) is -6.11. The van der Waals surface area contributed by atoms with Gasteiger partial charge in [-0.15, -0.1) is 0 Å².